The normalized spacial score (nSPS) is 20.4. The first kappa shape index (κ1) is 22.0. The van der Waals surface area contributed by atoms with Gasteiger partial charge in [-0.25, -0.2) is 4.68 Å². The van der Waals surface area contributed by atoms with E-state index in [1.807, 2.05) is 47.9 Å². The van der Waals surface area contributed by atoms with Crippen molar-refractivity contribution in [2.75, 3.05) is 26.2 Å². The Bertz CT molecular complexity index is 942. The number of aromatic nitrogens is 2. The maximum absolute atomic E-state index is 13.1. The van der Waals surface area contributed by atoms with Crippen LogP contribution in [0.3, 0.4) is 0 Å². The molecule has 1 aliphatic heterocycles. The zero-order valence-electron chi connectivity index (χ0n) is 18.0. The fraction of sp³-hybridized carbons (Fsp3) is 0.522. The first-order valence-corrected chi connectivity index (χ1v) is 11.8. The molecule has 4 rings (SSSR count). The second-order valence-electron chi connectivity index (χ2n) is 8.35. The molecule has 1 aromatic carbocycles. The summed E-state index contributed by atoms with van der Waals surface area (Å²) >= 11 is 3.46. The first-order valence-electron chi connectivity index (χ1n) is 11.0. The summed E-state index contributed by atoms with van der Waals surface area (Å²) in [5.74, 6) is 0.359. The van der Waals surface area contributed by atoms with Crippen molar-refractivity contribution in [3.05, 3.63) is 46.7 Å². The van der Waals surface area contributed by atoms with Gasteiger partial charge in [-0.15, -0.1) is 0 Å². The average molecular weight is 489 g/mol. The molecule has 0 N–H and O–H groups in total. The first-order chi connectivity index (χ1) is 15.0. The molecule has 1 aromatic heterocycles. The van der Waals surface area contributed by atoms with Crippen LogP contribution in [0.25, 0.3) is 5.69 Å². The van der Waals surface area contributed by atoms with Gasteiger partial charge in [0.2, 0.25) is 0 Å². The van der Waals surface area contributed by atoms with E-state index in [-0.39, 0.29) is 24.0 Å². The van der Waals surface area contributed by atoms with Crippen LogP contribution in [0.1, 0.15) is 43.5 Å². The van der Waals surface area contributed by atoms with Crippen molar-refractivity contribution in [2.24, 2.45) is 5.92 Å². The Morgan fingerprint density at radius 2 is 2.10 bits per heavy atom. The van der Waals surface area contributed by atoms with E-state index in [1.54, 1.807) is 17.1 Å². The summed E-state index contributed by atoms with van der Waals surface area (Å²) in [7, 11) is 0. The molecule has 2 aliphatic rings. The van der Waals surface area contributed by atoms with Crippen molar-refractivity contribution >= 4 is 27.7 Å². The van der Waals surface area contributed by atoms with Gasteiger partial charge >= 0.3 is 0 Å². The molecule has 166 valence electrons. The van der Waals surface area contributed by atoms with E-state index in [1.165, 1.54) is 6.42 Å². The summed E-state index contributed by atoms with van der Waals surface area (Å²) in [6.07, 6.45) is 6.32. The highest BCUT2D eigenvalue weighted by Crippen LogP contribution is 2.32. The number of amides is 2. The highest BCUT2D eigenvalue weighted by Gasteiger charge is 2.39. The number of hydrogen-bond acceptors (Lipinski definition) is 4. The predicted octanol–water partition coefficient (Wildman–Crippen LogP) is 3.51. The molecule has 1 saturated heterocycles. The van der Waals surface area contributed by atoms with E-state index in [9.17, 15) is 9.59 Å². The molecule has 0 radical (unpaired) electrons. The lowest BCUT2D eigenvalue weighted by atomic mass is 9.80. The summed E-state index contributed by atoms with van der Waals surface area (Å²) in [5.41, 5.74) is 1.43. The van der Waals surface area contributed by atoms with Gasteiger partial charge in [0.1, 0.15) is 6.10 Å². The second-order valence-corrected chi connectivity index (χ2v) is 9.27. The summed E-state index contributed by atoms with van der Waals surface area (Å²) in [5, 5.41) is 4.35. The quantitative estimate of drug-likeness (QED) is 0.623. The van der Waals surface area contributed by atoms with Crippen molar-refractivity contribution in [3.8, 4) is 5.69 Å². The molecule has 7 nitrogen and oxygen atoms in total. The SMILES string of the molecule is CCOC(C(=O)N1CCN(C(=O)c2cnn(-c3cccc(Br)c3)c2)CC1C)C1CCC1. The number of benzene rings is 1. The predicted molar refractivity (Wildman–Crippen MR) is 121 cm³/mol. The third-order valence-electron chi connectivity index (χ3n) is 6.27. The molecular formula is C23H29BrN4O3. The van der Waals surface area contributed by atoms with Crippen LogP contribution in [0.5, 0.6) is 0 Å². The molecule has 2 fully saturated rings. The molecule has 0 bridgehead atoms. The minimum absolute atomic E-state index is 0.0478. The van der Waals surface area contributed by atoms with Crippen molar-refractivity contribution in [1.29, 1.82) is 0 Å². The Morgan fingerprint density at radius 3 is 2.74 bits per heavy atom. The van der Waals surface area contributed by atoms with Crippen LogP contribution in [0.2, 0.25) is 0 Å². The third-order valence-corrected chi connectivity index (χ3v) is 6.76. The van der Waals surface area contributed by atoms with E-state index in [0.717, 1.165) is 23.0 Å². The van der Waals surface area contributed by atoms with Crippen LogP contribution in [0.15, 0.2) is 41.1 Å². The number of rotatable bonds is 6. The van der Waals surface area contributed by atoms with E-state index in [4.69, 9.17) is 4.74 Å². The summed E-state index contributed by atoms with van der Waals surface area (Å²) in [6.45, 7) is 6.04. The molecule has 2 unspecified atom stereocenters. The lowest BCUT2D eigenvalue weighted by Crippen LogP contribution is -2.58. The highest BCUT2D eigenvalue weighted by molar-refractivity contribution is 9.10. The van der Waals surface area contributed by atoms with Crippen molar-refractivity contribution in [3.63, 3.8) is 0 Å². The van der Waals surface area contributed by atoms with E-state index >= 15 is 0 Å². The van der Waals surface area contributed by atoms with Crippen LogP contribution in [0.4, 0.5) is 0 Å². The molecule has 2 heterocycles. The zero-order valence-corrected chi connectivity index (χ0v) is 19.6. The van der Waals surface area contributed by atoms with Crippen LogP contribution < -0.4 is 0 Å². The Kier molecular flexibility index (Phi) is 6.77. The van der Waals surface area contributed by atoms with Crippen LogP contribution in [-0.4, -0.2) is 69.8 Å². The third kappa shape index (κ3) is 4.70. The van der Waals surface area contributed by atoms with Gasteiger partial charge in [0.25, 0.3) is 11.8 Å². The summed E-state index contributed by atoms with van der Waals surface area (Å²) in [6, 6.07) is 7.72. The van der Waals surface area contributed by atoms with Crippen LogP contribution in [-0.2, 0) is 9.53 Å². The maximum atomic E-state index is 13.1. The van der Waals surface area contributed by atoms with E-state index in [0.29, 0.717) is 37.7 Å². The lowest BCUT2D eigenvalue weighted by molar-refractivity contribution is -0.153. The Labute approximate surface area is 191 Å². The molecule has 2 atom stereocenters. The van der Waals surface area contributed by atoms with E-state index in [2.05, 4.69) is 21.0 Å². The van der Waals surface area contributed by atoms with Crippen molar-refractivity contribution < 1.29 is 14.3 Å². The molecule has 31 heavy (non-hydrogen) atoms. The molecule has 0 spiro atoms. The molecule has 8 heteroatoms. The number of nitrogens with zero attached hydrogens (tertiary/aromatic N) is 4. The average Bonchev–Trinajstić information content (AvgIpc) is 3.21. The molecule has 2 amide bonds. The minimum atomic E-state index is -0.341. The Balaban J connectivity index is 1.40. The van der Waals surface area contributed by atoms with Gasteiger partial charge in [-0.1, -0.05) is 28.4 Å². The molecular weight excluding hydrogens is 460 g/mol. The van der Waals surface area contributed by atoms with Gasteiger partial charge in [0.05, 0.1) is 17.4 Å². The van der Waals surface area contributed by atoms with Gasteiger partial charge in [-0.2, -0.15) is 5.10 Å². The summed E-state index contributed by atoms with van der Waals surface area (Å²) < 4.78 is 8.47. The fourth-order valence-corrected chi connectivity index (χ4v) is 4.73. The Morgan fingerprint density at radius 1 is 1.29 bits per heavy atom. The molecule has 1 aliphatic carbocycles. The van der Waals surface area contributed by atoms with Crippen molar-refractivity contribution in [1.82, 2.24) is 19.6 Å². The number of hydrogen-bond donors (Lipinski definition) is 0. The molecule has 1 saturated carbocycles. The number of piperazine rings is 1. The standard InChI is InChI=1S/C23H29BrN4O3/c1-3-31-21(17-6-4-7-17)23(30)27-11-10-26(14-16(27)2)22(29)18-13-25-28(15-18)20-9-5-8-19(24)12-20/h5,8-9,12-13,15-17,21H,3-4,6-7,10-11,14H2,1-2H3. The lowest BCUT2D eigenvalue weighted by Gasteiger charge is -2.43. The Hall–Kier alpha value is -2.19. The van der Waals surface area contributed by atoms with Crippen molar-refractivity contribution in [2.45, 2.75) is 45.3 Å². The van der Waals surface area contributed by atoms with Gasteiger partial charge in [-0.05, 0) is 50.8 Å². The fourth-order valence-electron chi connectivity index (χ4n) is 4.34. The summed E-state index contributed by atoms with van der Waals surface area (Å²) in [4.78, 5) is 29.9. The van der Waals surface area contributed by atoms with Gasteiger partial charge in [-0.3, -0.25) is 9.59 Å². The topological polar surface area (TPSA) is 67.7 Å². The number of ether oxygens (including phenoxy) is 1. The highest BCUT2D eigenvalue weighted by atomic mass is 79.9. The van der Waals surface area contributed by atoms with Crippen LogP contribution in [0, 0.1) is 5.92 Å². The molecule has 2 aromatic rings. The van der Waals surface area contributed by atoms with Gasteiger partial charge in [0.15, 0.2) is 0 Å². The monoisotopic (exact) mass is 488 g/mol. The van der Waals surface area contributed by atoms with E-state index < -0.39 is 0 Å². The zero-order chi connectivity index (χ0) is 22.0. The second kappa shape index (κ2) is 9.53. The maximum Gasteiger partial charge on any atom is 0.257 e. The van der Waals surface area contributed by atoms with Gasteiger partial charge in [0, 0.05) is 43.0 Å². The van der Waals surface area contributed by atoms with Gasteiger partial charge < -0.3 is 14.5 Å². The smallest absolute Gasteiger partial charge is 0.257 e. The minimum Gasteiger partial charge on any atom is -0.368 e. The van der Waals surface area contributed by atoms with Crippen LogP contribution >= 0.6 is 15.9 Å². The largest absolute Gasteiger partial charge is 0.368 e. The number of halogens is 1. The number of carbonyl (C=O) groups is 2. The number of carbonyl (C=O) groups excluding carboxylic acids is 2.